The number of hydrogen-bond acceptors (Lipinski definition) is 2. The Kier molecular flexibility index (Phi) is 4.98. The van der Waals surface area contributed by atoms with Gasteiger partial charge in [0.15, 0.2) is 17.5 Å². The Morgan fingerprint density at radius 2 is 2.15 bits per heavy atom. The van der Waals surface area contributed by atoms with Crippen LogP contribution in [0, 0.1) is 5.82 Å². The lowest BCUT2D eigenvalue weighted by Gasteiger charge is -2.17. The maximum atomic E-state index is 13.6. The van der Waals surface area contributed by atoms with Crippen LogP contribution in [0.4, 0.5) is 4.39 Å². The molecule has 1 aromatic carbocycles. The van der Waals surface area contributed by atoms with Crippen molar-refractivity contribution in [3.8, 4) is 5.75 Å². The van der Waals surface area contributed by atoms with Crippen molar-refractivity contribution < 1.29 is 9.13 Å². The number of halogens is 1. The van der Waals surface area contributed by atoms with Crippen LogP contribution in [0.15, 0.2) is 35.3 Å². The van der Waals surface area contributed by atoms with Crippen LogP contribution >= 0.6 is 0 Å². The van der Waals surface area contributed by atoms with E-state index in [-0.39, 0.29) is 11.6 Å². The predicted octanol–water partition coefficient (Wildman–Crippen LogP) is 2.22. The third-order valence-electron chi connectivity index (χ3n) is 3.25. The highest BCUT2D eigenvalue weighted by atomic mass is 19.1. The van der Waals surface area contributed by atoms with Crippen LogP contribution in [-0.4, -0.2) is 26.2 Å². The number of nitrogens with zero attached hydrogens (tertiary/aromatic N) is 1. The maximum Gasteiger partial charge on any atom is 0.191 e. The first-order valence-electron chi connectivity index (χ1n) is 6.67. The molecule has 5 heteroatoms. The molecule has 20 heavy (non-hydrogen) atoms. The molecule has 0 atom stereocenters. The molecule has 0 radical (unpaired) electrons. The second-order valence-corrected chi connectivity index (χ2v) is 4.68. The van der Waals surface area contributed by atoms with E-state index in [1.54, 1.807) is 13.1 Å². The number of benzene rings is 1. The van der Waals surface area contributed by atoms with Crippen LogP contribution in [0.5, 0.6) is 5.75 Å². The van der Waals surface area contributed by atoms with E-state index < -0.39 is 0 Å². The normalized spacial score (nSPS) is 15.4. The zero-order chi connectivity index (χ0) is 14.4. The summed E-state index contributed by atoms with van der Waals surface area (Å²) < 4.78 is 18.5. The van der Waals surface area contributed by atoms with E-state index in [9.17, 15) is 4.39 Å². The summed E-state index contributed by atoms with van der Waals surface area (Å²) in [5, 5.41) is 6.51. The van der Waals surface area contributed by atoms with Gasteiger partial charge in [-0.3, -0.25) is 4.99 Å². The number of aliphatic imine (C=N–C) groups is 1. The smallest absolute Gasteiger partial charge is 0.191 e. The second kappa shape index (κ2) is 6.93. The molecule has 0 aromatic heterocycles. The molecule has 108 valence electrons. The molecule has 0 saturated carbocycles. The van der Waals surface area contributed by atoms with E-state index in [1.165, 1.54) is 13.2 Å². The van der Waals surface area contributed by atoms with Crippen molar-refractivity contribution in [1.29, 1.82) is 0 Å². The first-order chi connectivity index (χ1) is 9.72. The molecule has 0 amide bonds. The minimum Gasteiger partial charge on any atom is -0.494 e. The Labute approximate surface area is 118 Å². The molecule has 1 aliphatic rings. The summed E-state index contributed by atoms with van der Waals surface area (Å²) in [6.45, 7) is 0.515. The molecule has 1 aromatic rings. The summed E-state index contributed by atoms with van der Waals surface area (Å²) in [5.41, 5.74) is 0.843. The third-order valence-corrected chi connectivity index (χ3v) is 3.25. The fourth-order valence-corrected chi connectivity index (χ4v) is 2.13. The van der Waals surface area contributed by atoms with Crippen molar-refractivity contribution in [1.82, 2.24) is 10.6 Å². The number of ether oxygens (including phenoxy) is 1. The number of nitrogens with one attached hydrogen (secondary N) is 2. The molecule has 0 fully saturated rings. The van der Waals surface area contributed by atoms with Crippen molar-refractivity contribution in [2.75, 3.05) is 14.2 Å². The molecule has 0 aliphatic heterocycles. The van der Waals surface area contributed by atoms with Gasteiger partial charge < -0.3 is 15.4 Å². The van der Waals surface area contributed by atoms with Crippen molar-refractivity contribution in [2.24, 2.45) is 4.99 Å². The molecule has 0 heterocycles. The third kappa shape index (κ3) is 3.73. The molecule has 0 spiro atoms. The summed E-state index contributed by atoms with van der Waals surface area (Å²) in [5.74, 6) is 0.637. The van der Waals surface area contributed by atoms with Crippen LogP contribution in [0.25, 0.3) is 0 Å². The summed E-state index contributed by atoms with van der Waals surface area (Å²) >= 11 is 0. The monoisotopic (exact) mass is 277 g/mol. The molecule has 0 unspecified atom stereocenters. The highest BCUT2D eigenvalue weighted by molar-refractivity contribution is 5.80. The van der Waals surface area contributed by atoms with Gasteiger partial charge in [0.25, 0.3) is 0 Å². The Morgan fingerprint density at radius 1 is 1.40 bits per heavy atom. The molecule has 0 saturated heterocycles. The highest BCUT2D eigenvalue weighted by Crippen LogP contribution is 2.17. The van der Waals surface area contributed by atoms with Crippen molar-refractivity contribution in [3.63, 3.8) is 0 Å². The molecule has 2 rings (SSSR count). The van der Waals surface area contributed by atoms with E-state index in [2.05, 4.69) is 27.8 Å². The fourth-order valence-electron chi connectivity index (χ4n) is 2.13. The van der Waals surface area contributed by atoms with E-state index >= 15 is 0 Å². The molecule has 0 bridgehead atoms. The summed E-state index contributed by atoms with van der Waals surface area (Å²) in [6, 6.07) is 5.33. The lowest BCUT2D eigenvalue weighted by molar-refractivity contribution is 0.386. The van der Waals surface area contributed by atoms with Gasteiger partial charge in [0.2, 0.25) is 0 Å². The Balaban J connectivity index is 1.88. The zero-order valence-corrected chi connectivity index (χ0v) is 11.8. The molecule has 1 aliphatic carbocycles. The Bertz CT molecular complexity index is 506. The molecule has 4 nitrogen and oxygen atoms in total. The van der Waals surface area contributed by atoms with E-state index in [0.717, 1.165) is 24.4 Å². The van der Waals surface area contributed by atoms with Gasteiger partial charge in [-0.25, -0.2) is 4.39 Å². The van der Waals surface area contributed by atoms with Gasteiger partial charge in [0.05, 0.1) is 7.11 Å². The van der Waals surface area contributed by atoms with Gasteiger partial charge in [-0.05, 0) is 30.5 Å². The zero-order valence-electron chi connectivity index (χ0n) is 11.8. The number of hydrogen-bond donors (Lipinski definition) is 2. The molecular formula is C15H20FN3O. The number of rotatable bonds is 4. The van der Waals surface area contributed by atoms with Gasteiger partial charge in [-0.1, -0.05) is 18.2 Å². The first kappa shape index (κ1) is 14.4. The molecular weight excluding hydrogens is 257 g/mol. The van der Waals surface area contributed by atoms with Crippen LogP contribution < -0.4 is 15.4 Å². The minimum atomic E-state index is -0.352. The van der Waals surface area contributed by atoms with Crippen molar-refractivity contribution in [2.45, 2.75) is 25.4 Å². The summed E-state index contributed by atoms with van der Waals surface area (Å²) in [7, 11) is 3.18. The van der Waals surface area contributed by atoms with Gasteiger partial charge in [-0.15, -0.1) is 0 Å². The minimum absolute atomic E-state index is 0.258. The van der Waals surface area contributed by atoms with Crippen LogP contribution in [-0.2, 0) is 6.54 Å². The average Bonchev–Trinajstić information content (AvgIpc) is 2.96. The maximum absolute atomic E-state index is 13.6. The fraction of sp³-hybridized carbons (Fsp3) is 0.400. The first-order valence-corrected chi connectivity index (χ1v) is 6.67. The lowest BCUT2D eigenvalue weighted by atomic mass is 10.2. The van der Waals surface area contributed by atoms with Gasteiger partial charge in [0, 0.05) is 19.6 Å². The Hall–Kier alpha value is -2.04. The predicted molar refractivity (Wildman–Crippen MR) is 78.4 cm³/mol. The van der Waals surface area contributed by atoms with E-state index in [1.807, 2.05) is 6.07 Å². The van der Waals surface area contributed by atoms with E-state index in [4.69, 9.17) is 4.74 Å². The highest BCUT2D eigenvalue weighted by Gasteiger charge is 2.11. The van der Waals surface area contributed by atoms with Crippen molar-refractivity contribution in [3.05, 3.63) is 41.7 Å². The van der Waals surface area contributed by atoms with Crippen molar-refractivity contribution >= 4 is 5.96 Å². The van der Waals surface area contributed by atoms with Gasteiger partial charge in [-0.2, -0.15) is 0 Å². The second-order valence-electron chi connectivity index (χ2n) is 4.68. The number of methoxy groups -OCH3 is 1. The summed E-state index contributed by atoms with van der Waals surface area (Å²) in [6.07, 6.45) is 6.34. The topological polar surface area (TPSA) is 45.7 Å². The van der Waals surface area contributed by atoms with Crippen LogP contribution in [0.1, 0.15) is 18.4 Å². The van der Waals surface area contributed by atoms with Crippen LogP contribution in [0.2, 0.25) is 0 Å². The quantitative estimate of drug-likeness (QED) is 0.504. The van der Waals surface area contributed by atoms with Gasteiger partial charge in [0.1, 0.15) is 0 Å². The standard InChI is InChI=1S/C15H20FN3O/c1-17-15(19-12-5-3-4-6-12)18-10-11-7-8-14(20-2)13(16)9-11/h3-4,7-9,12H,5-6,10H2,1-2H3,(H2,17,18,19). The Morgan fingerprint density at radius 3 is 2.75 bits per heavy atom. The summed E-state index contributed by atoms with van der Waals surface area (Å²) in [4.78, 5) is 4.17. The SMILES string of the molecule is CN=C(NCc1ccc(OC)c(F)c1)NC1CC=CC1. The van der Waals surface area contributed by atoms with Gasteiger partial charge >= 0.3 is 0 Å². The average molecular weight is 277 g/mol. The lowest BCUT2D eigenvalue weighted by Crippen LogP contribution is -2.42. The van der Waals surface area contributed by atoms with E-state index in [0.29, 0.717) is 12.6 Å². The van der Waals surface area contributed by atoms with Crippen LogP contribution in [0.3, 0.4) is 0 Å². The number of guanidine groups is 1. The molecule has 2 N–H and O–H groups in total. The largest absolute Gasteiger partial charge is 0.494 e.